The molecular formula is C10H12O3. The third kappa shape index (κ3) is 1.03. The molecule has 0 aromatic rings. The smallest absolute Gasteiger partial charge is 0.334 e. The lowest BCUT2D eigenvalue weighted by Crippen LogP contribution is -2.33. The molecule has 1 aliphatic heterocycles. The van der Waals surface area contributed by atoms with E-state index in [0.717, 1.165) is 0 Å². The van der Waals surface area contributed by atoms with Crippen LogP contribution in [0.3, 0.4) is 0 Å². The van der Waals surface area contributed by atoms with Crippen molar-refractivity contribution < 1.29 is 14.3 Å². The second-order valence-corrected chi connectivity index (χ2v) is 3.92. The van der Waals surface area contributed by atoms with Gasteiger partial charge < -0.3 is 4.74 Å². The van der Waals surface area contributed by atoms with Crippen molar-refractivity contribution in [3.63, 3.8) is 0 Å². The Bertz CT molecular complexity index is 287. The third-order valence-corrected chi connectivity index (χ3v) is 3.16. The molecular weight excluding hydrogens is 168 g/mol. The summed E-state index contributed by atoms with van der Waals surface area (Å²) >= 11 is 0. The Labute approximate surface area is 76.8 Å². The largest absolute Gasteiger partial charge is 0.455 e. The molecule has 1 saturated carbocycles. The van der Waals surface area contributed by atoms with Gasteiger partial charge in [-0.15, -0.1) is 0 Å². The molecule has 13 heavy (non-hydrogen) atoms. The summed E-state index contributed by atoms with van der Waals surface area (Å²) in [6.07, 6.45) is 1.72. The highest BCUT2D eigenvalue weighted by atomic mass is 16.6. The van der Waals surface area contributed by atoms with Gasteiger partial charge in [0.25, 0.3) is 0 Å². The standard InChI is InChI=1S/C10H12O3/c1-6-5-10(13-9(6)12)4-3-8(11)7(10)2/h7H,1,3-5H2,2H3. The first-order valence-corrected chi connectivity index (χ1v) is 4.49. The number of rotatable bonds is 0. The molecule has 2 unspecified atom stereocenters. The predicted octanol–water partition coefficient (Wildman–Crippen LogP) is 1.23. The SMILES string of the molecule is C=C1CC2(CCC(=O)C2C)OC1=O. The molecule has 0 bridgehead atoms. The number of carbonyl (C=O) groups is 2. The van der Waals surface area contributed by atoms with Crippen LogP contribution in [0.5, 0.6) is 0 Å². The van der Waals surface area contributed by atoms with Crippen LogP contribution in [0.15, 0.2) is 12.2 Å². The summed E-state index contributed by atoms with van der Waals surface area (Å²) in [7, 11) is 0. The van der Waals surface area contributed by atoms with Crippen molar-refractivity contribution in [2.45, 2.75) is 31.8 Å². The minimum Gasteiger partial charge on any atom is -0.455 e. The maximum absolute atomic E-state index is 11.3. The Morgan fingerprint density at radius 1 is 1.54 bits per heavy atom. The Morgan fingerprint density at radius 2 is 2.23 bits per heavy atom. The molecule has 0 aromatic heterocycles. The molecule has 1 aliphatic carbocycles. The molecule has 2 rings (SSSR count). The number of hydrogen-bond donors (Lipinski definition) is 0. The summed E-state index contributed by atoms with van der Waals surface area (Å²) in [5, 5.41) is 0. The van der Waals surface area contributed by atoms with Crippen LogP contribution < -0.4 is 0 Å². The highest BCUT2D eigenvalue weighted by molar-refractivity contribution is 5.93. The van der Waals surface area contributed by atoms with Crippen LogP contribution in [0.2, 0.25) is 0 Å². The normalized spacial score (nSPS) is 38.8. The molecule has 0 radical (unpaired) electrons. The predicted molar refractivity (Wildman–Crippen MR) is 46.0 cm³/mol. The number of hydrogen-bond acceptors (Lipinski definition) is 3. The van der Waals surface area contributed by atoms with Crippen molar-refractivity contribution in [2.75, 3.05) is 0 Å². The highest BCUT2D eigenvalue weighted by Crippen LogP contribution is 2.45. The average molecular weight is 180 g/mol. The number of Topliss-reactive ketones (excluding diaryl/α,β-unsaturated/α-hetero) is 1. The van der Waals surface area contributed by atoms with Gasteiger partial charge in [-0.3, -0.25) is 4.79 Å². The van der Waals surface area contributed by atoms with Gasteiger partial charge >= 0.3 is 5.97 Å². The molecule has 3 heteroatoms. The molecule has 2 fully saturated rings. The van der Waals surface area contributed by atoms with Crippen LogP contribution in [0.25, 0.3) is 0 Å². The first-order chi connectivity index (χ1) is 6.05. The molecule has 1 heterocycles. The van der Waals surface area contributed by atoms with E-state index in [1.807, 2.05) is 6.92 Å². The quantitative estimate of drug-likeness (QED) is 0.416. The van der Waals surface area contributed by atoms with Gasteiger partial charge in [-0.05, 0) is 6.42 Å². The lowest BCUT2D eigenvalue weighted by molar-refractivity contribution is -0.149. The molecule has 2 atom stereocenters. The zero-order chi connectivity index (χ0) is 9.64. The van der Waals surface area contributed by atoms with Gasteiger partial charge in [0.05, 0.1) is 5.92 Å². The lowest BCUT2D eigenvalue weighted by Gasteiger charge is -2.24. The summed E-state index contributed by atoms with van der Waals surface area (Å²) in [6, 6.07) is 0. The van der Waals surface area contributed by atoms with Gasteiger partial charge in [0.2, 0.25) is 0 Å². The minimum atomic E-state index is -0.536. The van der Waals surface area contributed by atoms with Crippen LogP contribution >= 0.6 is 0 Å². The maximum atomic E-state index is 11.3. The Hall–Kier alpha value is -1.12. The maximum Gasteiger partial charge on any atom is 0.334 e. The second-order valence-electron chi connectivity index (χ2n) is 3.92. The van der Waals surface area contributed by atoms with Gasteiger partial charge in [-0.2, -0.15) is 0 Å². The zero-order valence-electron chi connectivity index (χ0n) is 7.63. The van der Waals surface area contributed by atoms with Gasteiger partial charge in [-0.1, -0.05) is 13.5 Å². The monoisotopic (exact) mass is 180 g/mol. The molecule has 70 valence electrons. The number of ketones is 1. The van der Waals surface area contributed by atoms with E-state index in [-0.39, 0.29) is 17.7 Å². The van der Waals surface area contributed by atoms with Crippen molar-refractivity contribution in [1.29, 1.82) is 0 Å². The van der Waals surface area contributed by atoms with E-state index in [0.29, 0.717) is 24.8 Å². The zero-order valence-corrected chi connectivity index (χ0v) is 7.63. The first kappa shape index (κ1) is 8.48. The molecule has 0 amide bonds. The fraction of sp³-hybridized carbons (Fsp3) is 0.600. The number of esters is 1. The van der Waals surface area contributed by atoms with Gasteiger partial charge in [-0.25, -0.2) is 4.79 Å². The van der Waals surface area contributed by atoms with Crippen molar-refractivity contribution >= 4 is 11.8 Å². The summed E-state index contributed by atoms with van der Waals surface area (Å²) in [5.74, 6) is -0.292. The lowest BCUT2D eigenvalue weighted by atomic mass is 9.88. The topological polar surface area (TPSA) is 43.4 Å². The van der Waals surface area contributed by atoms with Crippen LogP contribution in [-0.2, 0) is 14.3 Å². The Balaban J connectivity index is 2.29. The van der Waals surface area contributed by atoms with Crippen LogP contribution in [0, 0.1) is 5.92 Å². The van der Waals surface area contributed by atoms with E-state index < -0.39 is 5.60 Å². The molecule has 3 nitrogen and oxygen atoms in total. The van der Waals surface area contributed by atoms with Crippen molar-refractivity contribution in [3.05, 3.63) is 12.2 Å². The van der Waals surface area contributed by atoms with E-state index in [4.69, 9.17) is 4.74 Å². The summed E-state index contributed by atoms with van der Waals surface area (Å²) in [5.41, 5.74) is -0.0350. The average Bonchev–Trinajstić information content (AvgIpc) is 2.50. The minimum absolute atomic E-state index is 0.157. The molecule has 1 spiro atoms. The third-order valence-electron chi connectivity index (χ3n) is 3.16. The fourth-order valence-corrected chi connectivity index (χ4v) is 2.17. The van der Waals surface area contributed by atoms with E-state index in [2.05, 4.69) is 6.58 Å². The molecule has 2 aliphatic rings. The van der Waals surface area contributed by atoms with E-state index in [1.54, 1.807) is 0 Å². The Morgan fingerprint density at radius 3 is 2.62 bits per heavy atom. The van der Waals surface area contributed by atoms with Crippen molar-refractivity contribution in [1.82, 2.24) is 0 Å². The summed E-state index contributed by atoms with van der Waals surface area (Å²) < 4.78 is 5.25. The van der Waals surface area contributed by atoms with Crippen LogP contribution in [-0.4, -0.2) is 17.4 Å². The number of ether oxygens (including phenoxy) is 1. The highest BCUT2D eigenvalue weighted by Gasteiger charge is 2.53. The number of carbonyl (C=O) groups excluding carboxylic acids is 2. The second kappa shape index (κ2) is 2.44. The van der Waals surface area contributed by atoms with Crippen molar-refractivity contribution in [3.8, 4) is 0 Å². The summed E-state index contributed by atoms with van der Waals surface area (Å²) in [6.45, 7) is 5.46. The fourth-order valence-electron chi connectivity index (χ4n) is 2.17. The van der Waals surface area contributed by atoms with Crippen LogP contribution in [0.1, 0.15) is 26.2 Å². The molecule has 1 saturated heterocycles. The Kier molecular flexibility index (Phi) is 1.59. The van der Waals surface area contributed by atoms with Gasteiger partial charge in [0, 0.05) is 18.4 Å². The first-order valence-electron chi connectivity index (χ1n) is 4.49. The van der Waals surface area contributed by atoms with Gasteiger partial charge in [0.15, 0.2) is 0 Å². The van der Waals surface area contributed by atoms with Crippen LogP contribution in [0.4, 0.5) is 0 Å². The van der Waals surface area contributed by atoms with Gasteiger partial charge in [0.1, 0.15) is 11.4 Å². The van der Waals surface area contributed by atoms with E-state index in [9.17, 15) is 9.59 Å². The molecule has 0 N–H and O–H groups in total. The van der Waals surface area contributed by atoms with Crippen molar-refractivity contribution in [2.24, 2.45) is 5.92 Å². The molecule has 0 aromatic carbocycles. The van der Waals surface area contributed by atoms with E-state index >= 15 is 0 Å². The van der Waals surface area contributed by atoms with E-state index in [1.165, 1.54) is 0 Å². The summed E-state index contributed by atoms with van der Waals surface area (Å²) in [4.78, 5) is 22.5.